The summed E-state index contributed by atoms with van der Waals surface area (Å²) in [4.78, 5) is 11.0. The van der Waals surface area contributed by atoms with Gasteiger partial charge in [-0.05, 0) is 11.1 Å². The standard InChI is InChI=1S/C10H11BrO2/c1-13-10(12)6-8-2-4-9(7-11)5-3-8/h2-5H,6-7H2,1H3/i6D. The van der Waals surface area contributed by atoms with Gasteiger partial charge in [0.1, 0.15) is 0 Å². The molecular weight excluding hydrogens is 232 g/mol. The molecule has 1 unspecified atom stereocenters. The highest BCUT2D eigenvalue weighted by molar-refractivity contribution is 9.08. The highest BCUT2D eigenvalue weighted by Crippen LogP contribution is 2.08. The Morgan fingerprint density at radius 3 is 2.46 bits per heavy atom. The maximum absolute atomic E-state index is 11.0. The van der Waals surface area contributed by atoms with Crippen molar-refractivity contribution in [2.45, 2.75) is 11.7 Å². The quantitative estimate of drug-likeness (QED) is 0.602. The molecule has 0 amide bonds. The van der Waals surface area contributed by atoms with Gasteiger partial charge in [0.15, 0.2) is 0 Å². The summed E-state index contributed by atoms with van der Waals surface area (Å²) in [6, 6.07) is 7.31. The van der Waals surface area contributed by atoms with Crippen LogP contribution in [0.3, 0.4) is 0 Å². The average Bonchev–Trinajstić information content (AvgIpc) is 2.27. The Kier molecular flexibility index (Phi) is 3.38. The van der Waals surface area contributed by atoms with Gasteiger partial charge < -0.3 is 4.74 Å². The lowest BCUT2D eigenvalue weighted by atomic mass is 10.1. The van der Waals surface area contributed by atoms with Crippen LogP contribution in [0.15, 0.2) is 24.3 Å². The van der Waals surface area contributed by atoms with Crippen LogP contribution in [0, 0.1) is 0 Å². The maximum atomic E-state index is 11.0. The third-order valence-corrected chi connectivity index (χ3v) is 2.27. The smallest absolute Gasteiger partial charge is 0.309 e. The summed E-state index contributed by atoms with van der Waals surface area (Å²) in [6.45, 7) is 0. The molecule has 0 radical (unpaired) electrons. The highest BCUT2D eigenvalue weighted by Gasteiger charge is 2.01. The summed E-state index contributed by atoms with van der Waals surface area (Å²) >= 11 is 3.32. The molecule has 0 N–H and O–H groups in total. The molecule has 1 rings (SSSR count). The van der Waals surface area contributed by atoms with Crippen LogP contribution in [-0.2, 0) is 21.3 Å². The first-order valence-corrected chi connectivity index (χ1v) is 4.96. The van der Waals surface area contributed by atoms with Crippen molar-refractivity contribution in [3.63, 3.8) is 0 Å². The summed E-state index contributed by atoms with van der Waals surface area (Å²) in [5.41, 5.74) is 1.77. The van der Waals surface area contributed by atoms with Crippen LogP contribution in [0.1, 0.15) is 12.5 Å². The lowest BCUT2D eigenvalue weighted by Crippen LogP contribution is -2.04. The Morgan fingerprint density at radius 1 is 1.46 bits per heavy atom. The first-order chi connectivity index (χ1) is 6.69. The Balaban J connectivity index is 2.81. The van der Waals surface area contributed by atoms with E-state index in [1.807, 2.05) is 12.1 Å². The number of hydrogen-bond acceptors (Lipinski definition) is 2. The van der Waals surface area contributed by atoms with E-state index in [0.717, 1.165) is 10.9 Å². The van der Waals surface area contributed by atoms with Crippen LogP contribution in [0.25, 0.3) is 0 Å². The third-order valence-electron chi connectivity index (χ3n) is 1.62. The van der Waals surface area contributed by atoms with Crippen molar-refractivity contribution in [3.05, 3.63) is 35.4 Å². The van der Waals surface area contributed by atoms with Crippen molar-refractivity contribution in [2.75, 3.05) is 7.11 Å². The van der Waals surface area contributed by atoms with E-state index in [4.69, 9.17) is 1.37 Å². The molecule has 0 aliphatic carbocycles. The summed E-state index contributed by atoms with van der Waals surface area (Å²) in [7, 11) is 1.29. The molecule has 1 atom stereocenters. The van der Waals surface area contributed by atoms with Gasteiger partial charge in [0, 0.05) is 6.70 Å². The minimum Gasteiger partial charge on any atom is -0.469 e. The number of benzene rings is 1. The average molecular weight is 244 g/mol. The van der Waals surface area contributed by atoms with E-state index in [-0.39, 0.29) is 0 Å². The molecule has 1 aromatic carbocycles. The molecule has 0 saturated carbocycles. The molecule has 0 bridgehead atoms. The van der Waals surface area contributed by atoms with Crippen molar-refractivity contribution < 1.29 is 10.9 Å². The lowest BCUT2D eigenvalue weighted by molar-refractivity contribution is -0.139. The Bertz CT molecular complexity index is 310. The molecule has 0 aliphatic heterocycles. The van der Waals surface area contributed by atoms with E-state index in [1.54, 1.807) is 12.1 Å². The Morgan fingerprint density at radius 2 is 2.00 bits per heavy atom. The zero-order chi connectivity index (χ0) is 10.6. The van der Waals surface area contributed by atoms with Crippen LogP contribution >= 0.6 is 15.9 Å². The molecule has 0 spiro atoms. The van der Waals surface area contributed by atoms with Crippen LogP contribution in [0.4, 0.5) is 0 Å². The van der Waals surface area contributed by atoms with Crippen LogP contribution in [0.5, 0.6) is 0 Å². The molecule has 13 heavy (non-hydrogen) atoms. The second-order valence-corrected chi connectivity index (χ2v) is 3.10. The first-order valence-electron chi connectivity index (χ1n) is 4.41. The van der Waals surface area contributed by atoms with Crippen LogP contribution < -0.4 is 0 Å². The number of methoxy groups -OCH3 is 1. The Hall–Kier alpha value is -0.830. The zero-order valence-corrected chi connectivity index (χ0v) is 8.87. The predicted molar refractivity (Wildman–Crippen MR) is 54.8 cm³/mol. The van der Waals surface area contributed by atoms with E-state index in [9.17, 15) is 4.79 Å². The second-order valence-electron chi connectivity index (χ2n) is 2.54. The molecule has 0 saturated heterocycles. The number of esters is 1. The number of carbonyl (C=O) groups excluding carboxylic acids is 1. The van der Waals surface area contributed by atoms with Gasteiger partial charge in [0.25, 0.3) is 0 Å². The molecule has 1 aromatic rings. The summed E-state index contributed by atoms with van der Waals surface area (Å²) < 4.78 is 12.0. The fraction of sp³-hybridized carbons (Fsp3) is 0.300. The van der Waals surface area contributed by atoms with E-state index >= 15 is 0 Å². The monoisotopic (exact) mass is 243 g/mol. The van der Waals surface area contributed by atoms with E-state index < -0.39 is 12.4 Å². The van der Waals surface area contributed by atoms with Gasteiger partial charge in [-0.1, -0.05) is 40.2 Å². The molecule has 0 fully saturated rings. The van der Waals surface area contributed by atoms with Gasteiger partial charge in [-0.2, -0.15) is 0 Å². The maximum Gasteiger partial charge on any atom is 0.309 e. The molecule has 0 aliphatic rings. The molecule has 0 heterocycles. The fourth-order valence-electron chi connectivity index (χ4n) is 0.898. The van der Waals surface area contributed by atoms with E-state index in [1.165, 1.54) is 7.11 Å². The van der Waals surface area contributed by atoms with Gasteiger partial charge in [-0.3, -0.25) is 4.79 Å². The second kappa shape index (κ2) is 5.02. The minimum absolute atomic E-state index is 0.531. The number of alkyl halides is 1. The topological polar surface area (TPSA) is 26.3 Å². The number of rotatable bonds is 3. The van der Waals surface area contributed by atoms with E-state index in [0.29, 0.717) is 5.56 Å². The van der Waals surface area contributed by atoms with Crippen LogP contribution in [-0.4, -0.2) is 13.1 Å². The van der Waals surface area contributed by atoms with Gasteiger partial charge in [0.2, 0.25) is 0 Å². The molecule has 3 heteroatoms. The van der Waals surface area contributed by atoms with Gasteiger partial charge in [-0.25, -0.2) is 0 Å². The van der Waals surface area contributed by atoms with Crippen molar-refractivity contribution in [2.24, 2.45) is 0 Å². The van der Waals surface area contributed by atoms with Gasteiger partial charge >= 0.3 is 5.97 Å². The summed E-state index contributed by atoms with van der Waals surface area (Å²) in [6.07, 6.45) is -0.940. The minimum atomic E-state index is -0.940. The summed E-state index contributed by atoms with van der Waals surface area (Å²) in [5, 5.41) is 0.772. The fourth-order valence-corrected chi connectivity index (χ4v) is 1.27. The van der Waals surface area contributed by atoms with Gasteiger partial charge in [-0.15, -0.1) is 0 Å². The normalized spacial score (nSPS) is 13.2. The SMILES string of the molecule is [2H]C(C(=O)OC)c1ccc(CBr)cc1. The number of halogens is 1. The number of hydrogen-bond donors (Lipinski definition) is 0. The first kappa shape index (κ1) is 8.75. The van der Waals surface area contributed by atoms with E-state index in [2.05, 4.69) is 20.7 Å². The summed E-state index contributed by atoms with van der Waals surface area (Å²) in [5.74, 6) is -0.531. The number of ether oxygens (including phenoxy) is 1. The van der Waals surface area contributed by atoms with Gasteiger partial charge in [0.05, 0.1) is 13.5 Å². The molecular formula is C10H11BrO2. The highest BCUT2D eigenvalue weighted by atomic mass is 79.9. The van der Waals surface area contributed by atoms with Crippen molar-refractivity contribution in [1.29, 1.82) is 0 Å². The Labute approximate surface area is 87.4 Å². The van der Waals surface area contributed by atoms with Crippen molar-refractivity contribution in [1.82, 2.24) is 0 Å². The number of carbonyl (C=O) groups is 1. The molecule has 0 aromatic heterocycles. The van der Waals surface area contributed by atoms with Crippen molar-refractivity contribution >= 4 is 21.9 Å². The van der Waals surface area contributed by atoms with Crippen molar-refractivity contribution in [3.8, 4) is 0 Å². The zero-order valence-electron chi connectivity index (χ0n) is 8.29. The molecule has 2 nitrogen and oxygen atoms in total. The predicted octanol–water partition coefficient (Wildman–Crippen LogP) is 2.30. The largest absolute Gasteiger partial charge is 0.469 e. The van der Waals surface area contributed by atoms with Crippen LogP contribution in [0.2, 0.25) is 0 Å². The molecule has 70 valence electrons. The lowest BCUT2D eigenvalue weighted by Gasteiger charge is -2.00. The third kappa shape index (κ3) is 3.19.